The summed E-state index contributed by atoms with van der Waals surface area (Å²) in [6, 6.07) is 0. The molecule has 0 radical (unpaired) electrons. The molecule has 1 saturated heterocycles. The summed E-state index contributed by atoms with van der Waals surface area (Å²) in [4.78, 5) is 4.50. The van der Waals surface area contributed by atoms with E-state index >= 15 is 0 Å². The van der Waals surface area contributed by atoms with Gasteiger partial charge in [-0.1, -0.05) is 0 Å². The first-order chi connectivity index (χ1) is 4.93. The molecule has 10 heavy (non-hydrogen) atoms. The van der Waals surface area contributed by atoms with Crippen molar-refractivity contribution < 1.29 is 9.57 Å². The Morgan fingerprint density at radius 2 is 2.10 bits per heavy atom. The van der Waals surface area contributed by atoms with Crippen LogP contribution in [0.15, 0.2) is 0 Å². The fourth-order valence-corrected chi connectivity index (χ4v) is 1.27. The lowest BCUT2D eigenvalue weighted by Crippen LogP contribution is -2.17. The van der Waals surface area contributed by atoms with Gasteiger partial charge in [-0.3, -0.25) is 0 Å². The average molecular weight is 145 g/mol. The average Bonchev–Trinajstić information content (AvgIpc) is 2.03. The van der Waals surface area contributed by atoms with E-state index in [4.69, 9.17) is 10.6 Å². The third-order valence-electron chi connectivity index (χ3n) is 1.98. The Balaban J connectivity index is 2.02. The van der Waals surface area contributed by atoms with Crippen LogP contribution in [0.5, 0.6) is 0 Å². The van der Waals surface area contributed by atoms with Crippen LogP contribution in [0.1, 0.15) is 19.3 Å². The summed E-state index contributed by atoms with van der Waals surface area (Å²) in [5.41, 5.74) is 0. The normalized spacial score (nSPS) is 21.3. The summed E-state index contributed by atoms with van der Waals surface area (Å²) < 4.78 is 5.21. The van der Waals surface area contributed by atoms with Crippen molar-refractivity contribution in [2.75, 3.05) is 19.8 Å². The smallest absolute Gasteiger partial charge is 0.0681 e. The summed E-state index contributed by atoms with van der Waals surface area (Å²) in [6.45, 7) is 2.51. The van der Waals surface area contributed by atoms with Crippen molar-refractivity contribution in [2.45, 2.75) is 19.3 Å². The van der Waals surface area contributed by atoms with E-state index in [-0.39, 0.29) is 0 Å². The second kappa shape index (κ2) is 4.66. The minimum absolute atomic E-state index is 0.685. The minimum atomic E-state index is 0.685. The Hall–Kier alpha value is -0.120. The van der Waals surface area contributed by atoms with Crippen LogP contribution < -0.4 is 5.90 Å². The lowest BCUT2D eigenvalue weighted by molar-refractivity contribution is 0.0475. The lowest BCUT2D eigenvalue weighted by atomic mass is 9.97. The summed E-state index contributed by atoms with van der Waals surface area (Å²) in [7, 11) is 0. The molecule has 0 amide bonds. The molecule has 0 unspecified atom stereocenters. The highest BCUT2D eigenvalue weighted by Gasteiger charge is 2.12. The second-order valence-electron chi connectivity index (χ2n) is 2.72. The maximum atomic E-state index is 5.21. The Morgan fingerprint density at radius 3 is 2.70 bits per heavy atom. The highest BCUT2D eigenvalue weighted by molar-refractivity contribution is 4.62. The molecule has 3 heteroatoms. The van der Waals surface area contributed by atoms with Gasteiger partial charge in [-0.2, -0.15) is 0 Å². The van der Waals surface area contributed by atoms with Gasteiger partial charge < -0.3 is 9.57 Å². The van der Waals surface area contributed by atoms with Crippen LogP contribution >= 0.6 is 0 Å². The number of hydrogen-bond donors (Lipinski definition) is 1. The SMILES string of the molecule is NOCCC1CCOCC1. The summed E-state index contributed by atoms with van der Waals surface area (Å²) in [5.74, 6) is 5.69. The monoisotopic (exact) mass is 145 g/mol. The standard InChI is InChI=1S/C7H15NO2/c8-10-6-3-7-1-4-9-5-2-7/h7H,1-6,8H2. The molecule has 0 bridgehead atoms. The zero-order valence-electron chi connectivity index (χ0n) is 6.21. The second-order valence-corrected chi connectivity index (χ2v) is 2.72. The molecule has 0 spiro atoms. The predicted molar refractivity (Wildman–Crippen MR) is 38.3 cm³/mol. The van der Waals surface area contributed by atoms with Gasteiger partial charge in [0.05, 0.1) is 6.61 Å². The highest BCUT2D eigenvalue weighted by atomic mass is 16.6. The highest BCUT2D eigenvalue weighted by Crippen LogP contribution is 2.17. The zero-order chi connectivity index (χ0) is 7.23. The molecule has 1 aliphatic heterocycles. The Kier molecular flexibility index (Phi) is 3.72. The Bertz CT molecular complexity index is 81.7. The maximum Gasteiger partial charge on any atom is 0.0681 e. The van der Waals surface area contributed by atoms with Crippen LogP contribution in [0.4, 0.5) is 0 Å². The quantitative estimate of drug-likeness (QED) is 0.594. The molecule has 3 nitrogen and oxygen atoms in total. The van der Waals surface area contributed by atoms with Crippen LogP contribution in [0.2, 0.25) is 0 Å². The van der Waals surface area contributed by atoms with Crippen molar-refractivity contribution >= 4 is 0 Å². The van der Waals surface area contributed by atoms with Crippen LogP contribution in [0.25, 0.3) is 0 Å². The first-order valence-corrected chi connectivity index (χ1v) is 3.83. The lowest BCUT2D eigenvalue weighted by Gasteiger charge is -2.20. The summed E-state index contributed by atoms with van der Waals surface area (Å²) in [6.07, 6.45) is 3.42. The van der Waals surface area contributed by atoms with Gasteiger partial charge in [0.15, 0.2) is 0 Å². The van der Waals surface area contributed by atoms with Crippen molar-refractivity contribution in [3.8, 4) is 0 Å². The number of nitrogens with two attached hydrogens (primary N) is 1. The van der Waals surface area contributed by atoms with Gasteiger partial charge in [0.1, 0.15) is 0 Å². The van der Waals surface area contributed by atoms with Crippen LogP contribution in [-0.4, -0.2) is 19.8 Å². The van der Waals surface area contributed by atoms with E-state index in [9.17, 15) is 0 Å². The molecule has 0 saturated carbocycles. The first kappa shape index (κ1) is 7.98. The van der Waals surface area contributed by atoms with Gasteiger partial charge in [0.25, 0.3) is 0 Å². The van der Waals surface area contributed by atoms with E-state index in [1.807, 2.05) is 0 Å². The van der Waals surface area contributed by atoms with Crippen molar-refractivity contribution in [3.05, 3.63) is 0 Å². The maximum absolute atomic E-state index is 5.21. The van der Waals surface area contributed by atoms with Gasteiger partial charge in [0.2, 0.25) is 0 Å². The fraction of sp³-hybridized carbons (Fsp3) is 1.00. The molecule has 0 aromatic heterocycles. The van der Waals surface area contributed by atoms with Crippen LogP contribution in [0, 0.1) is 5.92 Å². The van der Waals surface area contributed by atoms with E-state index in [0.717, 1.165) is 25.6 Å². The minimum Gasteiger partial charge on any atom is -0.381 e. The molecule has 1 rings (SSSR count). The van der Waals surface area contributed by atoms with Crippen LogP contribution in [0.3, 0.4) is 0 Å². The van der Waals surface area contributed by atoms with E-state index in [1.165, 1.54) is 12.8 Å². The van der Waals surface area contributed by atoms with Crippen molar-refractivity contribution in [3.63, 3.8) is 0 Å². The number of hydrogen-bond acceptors (Lipinski definition) is 3. The van der Waals surface area contributed by atoms with Crippen LogP contribution in [-0.2, 0) is 9.57 Å². The third-order valence-corrected chi connectivity index (χ3v) is 1.98. The molecular formula is C7H15NO2. The molecule has 0 aliphatic carbocycles. The van der Waals surface area contributed by atoms with Gasteiger partial charge in [-0.15, -0.1) is 0 Å². The topological polar surface area (TPSA) is 44.5 Å². The van der Waals surface area contributed by atoms with Crippen molar-refractivity contribution in [1.82, 2.24) is 0 Å². The van der Waals surface area contributed by atoms with Gasteiger partial charge in [-0.05, 0) is 25.2 Å². The van der Waals surface area contributed by atoms with E-state index in [2.05, 4.69) is 4.84 Å². The zero-order valence-corrected chi connectivity index (χ0v) is 6.21. The molecule has 2 N–H and O–H groups in total. The molecule has 1 fully saturated rings. The predicted octanol–water partition coefficient (Wildman–Crippen LogP) is 0.693. The number of ether oxygens (including phenoxy) is 1. The Morgan fingerprint density at radius 1 is 1.40 bits per heavy atom. The van der Waals surface area contributed by atoms with E-state index in [1.54, 1.807) is 0 Å². The van der Waals surface area contributed by atoms with Gasteiger partial charge in [-0.25, -0.2) is 5.90 Å². The molecule has 60 valence electrons. The number of rotatable bonds is 3. The van der Waals surface area contributed by atoms with Crippen molar-refractivity contribution in [1.29, 1.82) is 0 Å². The molecular weight excluding hydrogens is 130 g/mol. The van der Waals surface area contributed by atoms with E-state index in [0.29, 0.717) is 6.61 Å². The largest absolute Gasteiger partial charge is 0.381 e. The summed E-state index contributed by atoms with van der Waals surface area (Å²) in [5, 5.41) is 0. The molecule has 0 aromatic carbocycles. The molecule has 1 aliphatic rings. The molecule has 1 heterocycles. The van der Waals surface area contributed by atoms with Gasteiger partial charge >= 0.3 is 0 Å². The molecule has 0 aromatic rings. The fourth-order valence-electron chi connectivity index (χ4n) is 1.27. The third kappa shape index (κ3) is 2.64. The van der Waals surface area contributed by atoms with Crippen molar-refractivity contribution in [2.24, 2.45) is 11.8 Å². The first-order valence-electron chi connectivity index (χ1n) is 3.83. The van der Waals surface area contributed by atoms with E-state index < -0.39 is 0 Å². The Labute approximate surface area is 61.4 Å². The van der Waals surface area contributed by atoms with Gasteiger partial charge in [0, 0.05) is 13.2 Å². The molecule has 0 atom stereocenters. The summed E-state index contributed by atoms with van der Waals surface area (Å²) >= 11 is 0.